The normalized spacial score (nSPS) is 19.2. The molecule has 0 N–H and O–H groups in total. The van der Waals surface area contributed by atoms with Crippen LogP contribution in [-0.4, -0.2) is 44.8 Å². The molecule has 0 saturated carbocycles. The zero-order valence-corrected chi connectivity index (χ0v) is 13.9. The lowest BCUT2D eigenvalue weighted by Gasteiger charge is -2.32. The van der Waals surface area contributed by atoms with E-state index in [1.165, 1.54) is 12.8 Å². The first kappa shape index (κ1) is 15.9. The summed E-state index contributed by atoms with van der Waals surface area (Å²) < 4.78 is 7.83. The number of aromatic nitrogens is 4. The molecule has 0 bridgehead atoms. The Morgan fingerprint density at radius 1 is 1.26 bits per heavy atom. The highest BCUT2D eigenvalue weighted by molar-refractivity contribution is 5.20. The molecule has 2 heterocycles. The molecule has 1 aromatic heterocycles. The van der Waals surface area contributed by atoms with Gasteiger partial charge in [0.15, 0.2) is 5.82 Å². The minimum atomic E-state index is 0.294. The maximum absolute atomic E-state index is 5.92. The topological polar surface area (TPSA) is 56.1 Å². The Labute approximate surface area is 137 Å². The van der Waals surface area contributed by atoms with Crippen LogP contribution >= 0.6 is 0 Å². The molecule has 1 fully saturated rings. The van der Waals surface area contributed by atoms with E-state index in [0.717, 1.165) is 37.8 Å². The molecule has 6 heteroatoms. The van der Waals surface area contributed by atoms with Crippen LogP contribution in [-0.2, 0) is 6.54 Å². The predicted molar refractivity (Wildman–Crippen MR) is 88.1 cm³/mol. The van der Waals surface area contributed by atoms with Gasteiger partial charge in [-0.3, -0.25) is 4.90 Å². The van der Waals surface area contributed by atoms with Gasteiger partial charge in [-0.1, -0.05) is 18.2 Å². The monoisotopic (exact) mass is 315 g/mol. The van der Waals surface area contributed by atoms with Crippen LogP contribution in [0.25, 0.3) is 0 Å². The Kier molecular flexibility index (Phi) is 5.23. The summed E-state index contributed by atoms with van der Waals surface area (Å²) >= 11 is 0. The van der Waals surface area contributed by atoms with E-state index in [0.29, 0.717) is 12.0 Å². The fourth-order valence-corrected chi connectivity index (χ4v) is 3.08. The summed E-state index contributed by atoms with van der Waals surface area (Å²) in [4.78, 5) is 2.44. The van der Waals surface area contributed by atoms with Crippen LogP contribution in [0, 0.1) is 5.92 Å². The average molecular weight is 315 g/mol. The standard InChI is InChI=1S/C17H25N5O/c1-14(2)22-17(18-19-20-22)12-21-10-6-7-15(11-21)13-23-16-8-4-3-5-9-16/h3-5,8-9,14-15H,6-7,10-13H2,1-2H3. The second-order valence-electron chi connectivity index (χ2n) is 6.50. The highest BCUT2D eigenvalue weighted by Crippen LogP contribution is 2.20. The van der Waals surface area contributed by atoms with Crippen molar-refractivity contribution in [3.8, 4) is 5.75 Å². The van der Waals surface area contributed by atoms with E-state index in [-0.39, 0.29) is 0 Å². The number of likely N-dealkylation sites (tertiary alicyclic amines) is 1. The Bertz CT molecular complexity index is 598. The van der Waals surface area contributed by atoms with E-state index in [2.05, 4.69) is 34.3 Å². The molecule has 2 aromatic rings. The average Bonchev–Trinajstić information content (AvgIpc) is 3.03. The summed E-state index contributed by atoms with van der Waals surface area (Å²) in [6.07, 6.45) is 2.42. The molecule has 0 amide bonds. The van der Waals surface area contributed by atoms with Gasteiger partial charge < -0.3 is 4.74 Å². The number of hydrogen-bond donors (Lipinski definition) is 0. The molecule has 124 valence electrons. The number of piperidine rings is 1. The first-order chi connectivity index (χ1) is 11.2. The third-order valence-electron chi connectivity index (χ3n) is 4.25. The van der Waals surface area contributed by atoms with Gasteiger partial charge >= 0.3 is 0 Å². The summed E-state index contributed by atoms with van der Waals surface area (Å²) in [5.74, 6) is 2.46. The van der Waals surface area contributed by atoms with E-state index in [9.17, 15) is 0 Å². The largest absolute Gasteiger partial charge is 0.493 e. The third-order valence-corrected chi connectivity index (χ3v) is 4.25. The van der Waals surface area contributed by atoms with E-state index in [1.807, 2.05) is 35.0 Å². The van der Waals surface area contributed by atoms with Crippen LogP contribution in [0.3, 0.4) is 0 Å². The van der Waals surface area contributed by atoms with Gasteiger partial charge in [0.1, 0.15) is 5.75 Å². The molecule has 1 unspecified atom stereocenters. The second kappa shape index (κ2) is 7.55. The first-order valence-corrected chi connectivity index (χ1v) is 8.39. The number of benzene rings is 1. The van der Waals surface area contributed by atoms with E-state index in [4.69, 9.17) is 4.74 Å². The van der Waals surface area contributed by atoms with Gasteiger partial charge in [0.2, 0.25) is 0 Å². The molecule has 1 aromatic carbocycles. The quantitative estimate of drug-likeness (QED) is 0.820. The maximum Gasteiger partial charge on any atom is 0.165 e. The van der Waals surface area contributed by atoms with Crippen LogP contribution in [0.5, 0.6) is 5.75 Å². The minimum absolute atomic E-state index is 0.294. The smallest absolute Gasteiger partial charge is 0.165 e. The molecule has 6 nitrogen and oxygen atoms in total. The van der Waals surface area contributed by atoms with Gasteiger partial charge in [0, 0.05) is 12.5 Å². The van der Waals surface area contributed by atoms with Crippen LogP contribution in [0.1, 0.15) is 38.6 Å². The molecule has 23 heavy (non-hydrogen) atoms. The number of rotatable bonds is 6. The molecule has 0 aliphatic carbocycles. The van der Waals surface area contributed by atoms with Gasteiger partial charge in [-0.2, -0.15) is 0 Å². The molecule has 1 atom stereocenters. The highest BCUT2D eigenvalue weighted by Gasteiger charge is 2.22. The first-order valence-electron chi connectivity index (χ1n) is 8.39. The predicted octanol–water partition coefficient (Wildman–Crippen LogP) is 2.55. The lowest BCUT2D eigenvalue weighted by Crippen LogP contribution is -2.38. The zero-order chi connectivity index (χ0) is 16.1. The number of hydrogen-bond acceptors (Lipinski definition) is 5. The van der Waals surface area contributed by atoms with Gasteiger partial charge in [-0.15, -0.1) is 5.10 Å². The molecular weight excluding hydrogens is 290 g/mol. The number of ether oxygens (including phenoxy) is 1. The SMILES string of the molecule is CC(C)n1nnnc1CN1CCCC(COc2ccccc2)C1. The highest BCUT2D eigenvalue weighted by atomic mass is 16.5. The van der Waals surface area contributed by atoms with Crippen molar-refractivity contribution in [2.75, 3.05) is 19.7 Å². The number of nitrogens with zero attached hydrogens (tertiary/aromatic N) is 5. The van der Waals surface area contributed by atoms with Gasteiger partial charge in [-0.25, -0.2) is 4.68 Å². The van der Waals surface area contributed by atoms with E-state index >= 15 is 0 Å². The number of para-hydroxylation sites is 1. The van der Waals surface area contributed by atoms with Crippen molar-refractivity contribution >= 4 is 0 Å². The van der Waals surface area contributed by atoms with E-state index < -0.39 is 0 Å². The minimum Gasteiger partial charge on any atom is -0.493 e. The van der Waals surface area contributed by atoms with Crippen LogP contribution in [0.4, 0.5) is 0 Å². The molecule has 3 rings (SSSR count). The van der Waals surface area contributed by atoms with Crippen molar-refractivity contribution in [2.45, 2.75) is 39.3 Å². The van der Waals surface area contributed by atoms with Gasteiger partial charge in [-0.05, 0) is 55.8 Å². The molecule has 0 spiro atoms. The lowest BCUT2D eigenvalue weighted by molar-refractivity contribution is 0.121. The summed E-state index contributed by atoms with van der Waals surface area (Å²) in [6.45, 7) is 7.94. The zero-order valence-electron chi connectivity index (χ0n) is 13.9. The van der Waals surface area contributed by atoms with Gasteiger partial charge in [0.25, 0.3) is 0 Å². The van der Waals surface area contributed by atoms with Crippen molar-refractivity contribution in [3.63, 3.8) is 0 Å². The second-order valence-corrected chi connectivity index (χ2v) is 6.50. The van der Waals surface area contributed by atoms with Crippen molar-refractivity contribution in [1.82, 2.24) is 25.1 Å². The lowest BCUT2D eigenvalue weighted by atomic mass is 9.99. The van der Waals surface area contributed by atoms with Crippen LogP contribution < -0.4 is 4.74 Å². The fourth-order valence-electron chi connectivity index (χ4n) is 3.08. The Morgan fingerprint density at radius 2 is 2.09 bits per heavy atom. The Morgan fingerprint density at radius 3 is 2.87 bits per heavy atom. The fraction of sp³-hybridized carbons (Fsp3) is 0.588. The third kappa shape index (κ3) is 4.28. The Hall–Kier alpha value is -1.95. The van der Waals surface area contributed by atoms with Crippen LogP contribution in [0.15, 0.2) is 30.3 Å². The Balaban J connectivity index is 1.53. The van der Waals surface area contributed by atoms with Crippen molar-refractivity contribution in [2.24, 2.45) is 5.92 Å². The molecular formula is C17H25N5O. The van der Waals surface area contributed by atoms with Crippen molar-refractivity contribution in [1.29, 1.82) is 0 Å². The number of tetrazole rings is 1. The van der Waals surface area contributed by atoms with Crippen molar-refractivity contribution in [3.05, 3.63) is 36.2 Å². The maximum atomic E-state index is 5.92. The summed E-state index contributed by atoms with van der Waals surface area (Å²) in [7, 11) is 0. The summed E-state index contributed by atoms with van der Waals surface area (Å²) in [5.41, 5.74) is 0. The van der Waals surface area contributed by atoms with Crippen molar-refractivity contribution < 1.29 is 4.74 Å². The molecule has 1 aliphatic heterocycles. The molecule has 1 saturated heterocycles. The summed E-state index contributed by atoms with van der Waals surface area (Å²) in [6, 6.07) is 10.3. The van der Waals surface area contributed by atoms with Crippen LogP contribution in [0.2, 0.25) is 0 Å². The molecule has 0 radical (unpaired) electrons. The summed E-state index contributed by atoms with van der Waals surface area (Å²) in [5, 5.41) is 12.1. The van der Waals surface area contributed by atoms with E-state index in [1.54, 1.807) is 0 Å². The molecule has 1 aliphatic rings. The van der Waals surface area contributed by atoms with Gasteiger partial charge in [0.05, 0.1) is 19.2 Å².